The number of halogens is 1. The number of carbonyl (C=O) groups excluding carboxylic acids is 2. The Kier molecular flexibility index (Phi) is 8.05. The molecular weight excluding hydrogens is 461 g/mol. The fraction of sp³-hybridized carbons (Fsp3) is 0.364. The van der Waals surface area contributed by atoms with Gasteiger partial charge in [-0.05, 0) is 90.9 Å². The quantitative estimate of drug-likeness (QED) is 0.330. The van der Waals surface area contributed by atoms with E-state index in [1.807, 2.05) is 42.5 Å². The summed E-state index contributed by atoms with van der Waals surface area (Å²) in [5.41, 5.74) is 14.6. The zero-order valence-electron chi connectivity index (χ0n) is 17.2. The number of ketones is 2. The number of nitrogens with zero attached hydrogens (tertiary/aromatic N) is 1. The van der Waals surface area contributed by atoms with Crippen LogP contribution in [0.5, 0.6) is 0 Å². The van der Waals surface area contributed by atoms with Crippen LogP contribution < -0.4 is 11.5 Å². The molecule has 0 unspecified atom stereocenters. The maximum absolute atomic E-state index is 11.5. The molecule has 0 saturated heterocycles. The third-order valence-corrected chi connectivity index (χ3v) is 6.55. The van der Waals surface area contributed by atoms with Gasteiger partial charge in [0, 0.05) is 15.8 Å². The fourth-order valence-corrected chi connectivity index (χ4v) is 3.94. The number of nitrogens with two attached hydrogens (primary N) is 2. The zero-order chi connectivity index (χ0) is 22.5. The molecule has 0 amide bonds. The van der Waals surface area contributed by atoms with E-state index in [2.05, 4.69) is 40.7 Å². The summed E-state index contributed by atoms with van der Waals surface area (Å²) in [5, 5.41) is 0. The number of nitrogen functional groups attached to an aromatic ring is 2. The van der Waals surface area contributed by atoms with Gasteiger partial charge in [0.15, 0.2) is 0 Å². The van der Waals surface area contributed by atoms with Crippen molar-refractivity contribution in [2.45, 2.75) is 50.4 Å². The molecule has 30 heavy (non-hydrogen) atoms. The molecule has 5 nitrogen and oxygen atoms in total. The molecular formula is C22H26BBrN3O2S. The minimum absolute atomic E-state index is 0.159. The standard InChI is InChI=1S/C11H12BrNO.C11H13NO.BHNS/c1-7(14)11(4-5-11)8-2-3-10(13)9(12)6-8;1-8(13)11(6-7-11)9-2-4-10(12)5-3-9;1-2-3/h2-3,6H,4-5,13H2,1H3;2-5H,6-7,12H2,1H3;3H. The van der Waals surface area contributed by atoms with Crippen molar-refractivity contribution in [3.63, 3.8) is 0 Å². The topological polar surface area (TPSA) is 98.5 Å². The van der Waals surface area contributed by atoms with Gasteiger partial charge < -0.3 is 11.5 Å². The Balaban J connectivity index is 0.000000190. The molecule has 8 heteroatoms. The van der Waals surface area contributed by atoms with Crippen LogP contribution in [-0.2, 0) is 20.4 Å². The Hall–Kier alpha value is -1.93. The molecule has 2 aromatic rings. The molecule has 4 rings (SSSR count). The van der Waals surface area contributed by atoms with E-state index in [-0.39, 0.29) is 22.4 Å². The van der Waals surface area contributed by atoms with E-state index < -0.39 is 0 Å². The Morgan fingerprint density at radius 3 is 1.70 bits per heavy atom. The van der Waals surface area contributed by atoms with Gasteiger partial charge in [0.2, 0.25) is 0 Å². The van der Waals surface area contributed by atoms with Crippen molar-refractivity contribution in [2.24, 2.45) is 4.30 Å². The van der Waals surface area contributed by atoms with Crippen LogP contribution in [0, 0.1) is 0 Å². The number of carbonyl (C=O) groups is 2. The predicted octanol–water partition coefficient (Wildman–Crippen LogP) is 4.72. The summed E-state index contributed by atoms with van der Waals surface area (Å²) in [5.74, 6) is 0.534. The van der Waals surface area contributed by atoms with Gasteiger partial charge in [0.25, 0.3) is 0 Å². The molecule has 2 aromatic carbocycles. The molecule has 0 atom stereocenters. The molecule has 157 valence electrons. The predicted molar refractivity (Wildman–Crippen MR) is 130 cm³/mol. The Labute approximate surface area is 192 Å². The average molecular weight is 487 g/mol. The summed E-state index contributed by atoms with van der Waals surface area (Å²) in [7, 11) is 4.34. The first-order valence-corrected chi connectivity index (χ1v) is 10.8. The van der Waals surface area contributed by atoms with Crippen LogP contribution in [0.4, 0.5) is 11.4 Å². The summed E-state index contributed by atoms with van der Waals surface area (Å²) in [4.78, 5) is 22.9. The Morgan fingerprint density at radius 2 is 1.33 bits per heavy atom. The van der Waals surface area contributed by atoms with Crippen LogP contribution in [0.25, 0.3) is 0 Å². The average Bonchev–Trinajstić information content (AvgIpc) is 3.59. The van der Waals surface area contributed by atoms with E-state index in [0.29, 0.717) is 5.69 Å². The molecule has 1 radical (unpaired) electrons. The number of benzene rings is 2. The first-order chi connectivity index (χ1) is 14.1. The molecule has 2 aliphatic rings. The molecule has 2 fully saturated rings. The monoisotopic (exact) mass is 486 g/mol. The molecule has 0 aromatic heterocycles. The number of anilines is 2. The summed E-state index contributed by atoms with van der Waals surface area (Å²) >= 11 is 6.57. The van der Waals surface area contributed by atoms with E-state index in [9.17, 15) is 9.59 Å². The Bertz CT molecular complexity index is 942. The molecule has 0 spiro atoms. The summed E-state index contributed by atoms with van der Waals surface area (Å²) in [6.07, 6.45) is 3.93. The molecule has 4 N–H and O–H groups in total. The summed E-state index contributed by atoms with van der Waals surface area (Å²) in [6, 6.07) is 13.4. The number of thiol groups is 1. The number of rotatable bonds is 4. The molecule has 0 heterocycles. The van der Waals surface area contributed by atoms with Gasteiger partial charge >= 0.3 is 24.8 Å². The second-order valence-electron chi connectivity index (χ2n) is 7.75. The van der Waals surface area contributed by atoms with Crippen LogP contribution >= 0.6 is 28.7 Å². The second-order valence-corrected chi connectivity index (χ2v) is 8.84. The van der Waals surface area contributed by atoms with Gasteiger partial charge in [-0.25, -0.2) is 0 Å². The molecule has 0 bridgehead atoms. The number of Topliss-reactive ketones (excluding diaryl/α,β-unsaturated/α-hetero) is 2. The van der Waals surface area contributed by atoms with Gasteiger partial charge in [-0.2, -0.15) is 0 Å². The van der Waals surface area contributed by atoms with Crippen molar-refractivity contribution in [2.75, 3.05) is 11.5 Å². The van der Waals surface area contributed by atoms with E-state index >= 15 is 0 Å². The van der Waals surface area contributed by atoms with Crippen molar-refractivity contribution in [3.8, 4) is 0 Å². The number of hydrogen-bond acceptors (Lipinski definition) is 6. The third-order valence-electron chi connectivity index (χ3n) is 5.86. The van der Waals surface area contributed by atoms with Crippen LogP contribution in [0.2, 0.25) is 0 Å². The van der Waals surface area contributed by atoms with Gasteiger partial charge in [-0.15, -0.1) is 0 Å². The van der Waals surface area contributed by atoms with Crippen LogP contribution in [0.3, 0.4) is 0 Å². The van der Waals surface area contributed by atoms with Gasteiger partial charge in [-0.1, -0.05) is 18.2 Å². The van der Waals surface area contributed by atoms with Crippen LogP contribution in [-0.4, -0.2) is 19.2 Å². The third kappa shape index (κ3) is 5.40. The first-order valence-electron chi connectivity index (χ1n) is 9.61. The maximum atomic E-state index is 11.5. The summed E-state index contributed by atoms with van der Waals surface area (Å²) in [6.45, 7) is 3.33. The fourth-order valence-electron chi connectivity index (χ4n) is 3.56. The molecule has 2 aliphatic carbocycles. The second kappa shape index (κ2) is 9.92. The van der Waals surface area contributed by atoms with E-state index in [0.717, 1.165) is 47.0 Å². The van der Waals surface area contributed by atoms with Gasteiger partial charge in [0.1, 0.15) is 11.6 Å². The number of hydrogen-bond donors (Lipinski definition) is 3. The molecule has 2 saturated carbocycles. The zero-order valence-corrected chi connectivity index (χ0v) is 19.7. The van der Waals surface area contributed by atoms with Gasteiger partial charge in [-0.3, -0.25) is 9.59 Å². The van der Waals surface area contributed by atoms with Gasteiger partial charge in [0.05, 0.1) is 10.8 Å². The van der Waals surface area contributed by atoms with Crippen molar-refractivity contribution in [3.05, 3.63) is 58.1 Å². The van der Waals surface area contributed by atoms with Crippen molar-refractivity contribution >= 4 is 59.3 Å². The van der Waals surface area contributed by atoms with Crippen molar-refractivity contribution in [1.82, 2.24) is 0 Å². The molecule has 0 aliphatic heterocycles. The first kappa shape index (κ1) is 24.3. The minimum atomic E-state index is -0.198. The SMILES string of the molecule is CC(=O)C1(c2ccc(N)c(Br)c2)CC1.CC(=O)C1(c2ccc(N)cc2)CC1.[B]=NS. The van der Waals surface area contributed by atoms with E-state index in [1.165, 1.54) is 0 Å². The van der Waals surface area contributed by atoms with Crippen LogP contribution in [0.1, 0.15) is 50.7 Å². The van der Waals surface area contributed by atoms with E-state index in [4.69, 9.17) is 11.5 Å². The Morgan fingerprint density at radius 1 is 0.933 bits per heavy atom. The van der Waals surface area contributed by atoms with Crippen LogP contribution in [0.15, 0.2) is 51.2 Å². The normalized spacial score (nSPS) is 16.6. The van der Waals surface area contributed by atoms with Crippen molar-refractivity contribution < 1.29 is 9.59 Å². The van der Waals surface area contributed by atoms with Crippen molar-refractivity contribution in [1.29, 1.82) is 0 Å². The summed E-state index contributed by atoms with van der Waals surface area (Å²) < 4.78 is 3.57. The van der Waals surface area contributed by atoms with E-state index in [1.54, 1.807) is 13.8 Å².